The first-order chi connectivity index (χ1) is 26.9. The van der Waals surface area contributed by atoms with Gasteiger partial charge in [-0.2, -0.15) is 0 Å². The van der Waals surface area contributed by atoms with Gasteiger partial charge in [0.2, 0.25) is 0 Å². The fourth-order valence-electron chi connectivity index (χ4n) is 7.30. The molecule has 0 aromatic rings. The first kappa shape index (κ1) is 53.4. The second-order valence-corrected chi connectivity index (χ2v) is 17.0. The van der Waals surface area contributed by atoms with Crippen molar-refractivity contribution < 1.29 is 28.6 Å². The van der Waals surface area contributed by atoms with Crippen LogP contribution in [-0.2, 0) is 28.6 Å². The van der Waals surface area contributed by atoms with Crippen LogP contribution >= 0.6 is 0 Å². The zero-order valence-electron chi connectivity index (χ0n) is 37.4. The van der Waals surface area contributed by atoms with E-state index in [9.17, 15) is 14.4 Å². The van der Waals surface area contributed by atoms with Gasteiger partial charge >= 0.3 is 17.9 Å². The Morgan fingerprint density at radius 1 is 0.364 bits per heavy atom. The normalized spacial score (nSPS) is 12.4. The van der Waals surface area contributed by atoms with Crippen LogP contribution in [-0.4, -0.2) is 37.2 Å². The van der Waals surface area contributed by atoms with Crippen LogP contribution in [0.25, 0.3) is 0 Å². The van der Waals surface area contributed by atoms with Crippen LogP contribution in [0.2, 0.25) is 0 Å². The van der Waals surface area contributed by atoms with E-state index < -0.39 is 6.10 Å². The quantitative estimate of drug-likeness (QED) is 0.0348. The fraction of sp³-hybridized carbons (Fsp3) is 0.939. The molecule has 0 aromatic heterocycles. The van der Waals surface area contributed by atoms with E-state index in [1.54, 1.807) is 0 Å². The Hall–Kier alpha value is -1.59. The van der Waals surface area contributed by atoms with Crippen molar-refractivity contribution in [3.8, 4) is 0 Å². The molecule has 0 N–H and O–H groups in total. The number of rotatable bonds is 44. The van der Waals surface area contributed by atoms with E-state index in [4.69, 9.17) is 14.2 Å². The maximum Gasteiger partial charge on any atom is 0.306 e. The molecule has 0 aromatic carbocycles. The third-order valence-corrected chi connectivity index (χ3v) is 11.4. The van der Waals surface area contributed by atoms with E-state index in [-0.39, 0.29) is 31.1 Å². The van der Waals surface area contributed by atoms with Crippen LogP contribution < -0.4 is 0 Å². The van der Waals surface area contributed by atoms with E-state index in [2.05, 4.69) is 27.7 Å². The molecule has 0 fully saturated rings. The summed E-state index contributed by atoms with van der Waals surface area (Å²) in [7, 11) is 0. The summed E-state index contributed by atoms with van der Waals surface area (Å²) >= 11 is 0. The van der Waals surface area contributed by atoms with Crippen molar-refractivity contribution in [2.24, 2.45) is 5.92 Å². The molecule has 0 bridgehead atoms. The van der Waals surface area contributed by atoms with E-state index in [1.165, 1.54) is 167 Å². The number of ether oxygens (including phenoxy) is 3. The maximum absolute atomic E-state index is 12.7. The van der Waals surface area contributed by atoms with Crippen molar-refractivity contribution >= 4 is 17.9 Å². The number of hydrogen-bond donors (Lipinski definition) is 0. The Morgan fingerprint density at radius 2 is 0.636 bits per heavy atom. The fourth-order valence-corrected chi connectivity index (χ4v) is 7.30. The van der Waals surface area contributed by atoms with E-state index in [1.807, 2.05) is 0 Å². The highest BCUT2D eigenvalue weighted by atomic mass is 16.6. The Morgan fingerprint density at radius 3 is 0.945 bits per heavy atom. The summed E-state index contributed by atoms with van der Waals surface area (Å²) in [5, 5.41) is 0. The molecular formula is C49H94O6. The third-order valence-electron chi connectivity index (χ3n) is 11.4. The Kier molecular flexibility index (Phi) is 42.3. The van der Waals surface area contributed by atoms with Crippen LogP contribution in [0.3, 0.4) is 0 Å². The second kappa shape index (κ2) is 43.5. The predicted molar refractivity (Wildman–Crippen MR) is 233 cm³/mol. The van der Waals surface area contributed by atoms with Crippen LogP contribution in [0.5, 0.6) is 0 Å². The highest BCUT2D eigenvalue weighted by Crippen LogP contribution is 2.17. The molecular weight excluding hydrogens is 685 g/mol. The van der Waals surface area contributed by atoms with Gasteiger partial charge in [0.15, 0.2) is 6.10 Å². The topological polar surface area (TPSA) is 78.9 Å². The van der Waals surface area contributed by atoms with Crippen molar-refractivity contribution in [1.29, 1.82) is 0 Å². The third kappa shape index (κ3) is 41.9. The molecule has 0 aliphatic heterocycles. The lowest BCUT2D eigenvalue weighted by atomic mass is 9.99. The van der Waals surface area contributed by atoms with Crippen molar-refractivity contribution in [3.63, 3.8) is 0 Å². The van der Waals surface area contributed by atoms with Gasteiger partial charge in [0.05, 0.1) is 0 Å². The summed E-state index contributed by atoms with van der Waals surface area (Å²) in [4.78, 5) is 37.8. The van der Waals surface area contributed by atoms with Gasteiger partial charge in [-0.25, -0.2) is 0 Å². The standard InChI is InChI=1S/C49H94O6/c1-5-8-10-12-14-16-18-19-20-21-22-24-29-33-37-41-48(51)54-44-46(43-53-47(50)40-36-32-28-23-17-15-13-11-9-6-2)55-49(52)42-38-34-30-26-25-27-31-35-39-45(4)7-3/h45-46H,5-44H2,1-4H3/t45?,46-/m0/s1. The van der Waals surface area contributed by atoms with Gasteiger partial charge in [-0.05, 0) is 25.2 Å². The molecule has 0 radical (unpaired) electrons. The summed E-state index contributed by atoms with van der Waals surface area (Å²) in [5.74, 6) is -0.00679. The van der Waals surface area contributed by atoms with Gasteiger partial charge in [0, 0.05) is 19.3 Å². The molecule has 0 amide bonds. The average Bonchev–Trinajstić information content (AvgIpc) is 3.18. The maximum atomic E-state index is 12.7. The second-order valence-electron chi connectivity index (χ2n) is 17.0. The predicted octanol–water partition coefficient (Wildman–Crippen LogP) is 15.5. The highest BCUT2D eigenvalue weighted by Gasteiger charge is 2.19. The van der Waals surface area contributed by atoms with E-state index >= 15 is 0 Å². The zero-order valence-corrected chi connectivity index (χ0v) is 37.4. The number of unbranched alkanes of at least 4 members (excludes halogenated alkanes) is 30. The number of esters is 3. The monoisotopic (exact) mass is 779 g/mol. The van der Waals surface area contributed by atoms with Crippen LogP contribution in [0.15, 0.2) is 0 Å². The average molecular weight is 779 g/mol. The van der Waals surface area contributed by atoms with Gasteiger partial charge in [-0.3, -0.25) is 14.4 Å². The van der Waals surface area contributed by atoms with Crippen molar-refractivity contribution in [2.45, 2.75) is 278 Å². The van der Waals surface area contributed by atoms with Crippen molar-refractivity contribution in [3.05, 3.63) is 0 Å². The molecule has 55 heavy (non-hydrogen) atoms. The molecule has 6 heteroatoms. The highest BCUT2D eigenvalue weighted by molar-refractivity contribution is 5.71. The molecule has 0 aliphatic rings. The summed E-state index contributed by atoms with van der Waals surface area (Å²) in [6.45, 7) is 9.00. The Balaban J connectivity index is 4.30. The molecule has 0 saturated carbocycles. The molecule has 6 nitrogen and oxygen atoms in total. The lowest BCUT2D eigenvalue weighted by Crippen LogP contribution is -2.30. The molecule has 326 valence electrons. The Labute approximate surface area is 342 Å². The molecule has 1 unspecified atom stereocenters. The minimum atomic E-state index is -0.760. The van der Waals surface area contributed by atoms with Crippen molar-refractivity contribution in [2.75, 3.05) is 13.2 Å². The van der Waals surface area contributed by atoms with E-state index in [0.29, 0.717) is 19.3 Å². The number of hydrogen-bond acceptors (Lipinski definition) is 6. The lowest BCUT2D eigenvalue weighted by Gasteiger charge is -2.18. The zero-order chi connectivity index (χ0) is 40.3. The SMILES string of the molecule is CCCCCCCCCCCCCCCCCC(=O)OC[C@H](COC(=O)CCCCCCCCCCCC)OC(=O)CCCCCCCCCCC(C)CC. The van der Waals surface area contributed by atoms with Gasteiger partial charge in [-0.1, -0.05) is 233 Å². The summed E-state index contributed by atoms with van der Waals surface area (Å²) in [5.41, 5.74) is 0. The van der Waals surface area contributed by atoms with Crippen LogP contribution in [0.4, 0.5) is 0 Å². The lowest BCUT2D eigenvalue weighted by molar-refractivity contribution is -0.167. The molecule has 0 aliphatic carbocycles. The van der Waals surface area contributed by atoms with Gasteiger partial charge < -0.3 is 14.2 Å². The molecule has 0 saturated heterocycles. The van der Waals surface area contributed by atoms with Gasteiger partial charge in [-0.15, -0.1) is 0 Å². The molecule has 0 spiro atoms. The largest absolute Gasteiger partial charge is 0.462 e. The Bertz CT molecular complexity index is 828. The first-order valence-corrected chi connectivity index (χ1v) is 24.4. The number of carbonyl (C=O) groups excluding carboxylic acids is 3. The van der Waals surface area contributed by atoms with Crippen LogP contribution in [0.1, 0.15) is 272 Å². The van der Waals surface area contributed by atoms with Crippen molar-refractivity contribution in [1.82, 2.24) is 0 Å². The minimum absolute atomic E-state index is 0.0636. The molecule has 2 atom stereocenters. The molecule has 0 rings (SSSR count). The smallest absolute Gasteiger partial charge is 0.306 e. The summed E-state index contributed by atoms with van der Waals surface area (Å²) < 4.78 is 16.7. The number of carbonyl (C=O) groups is 3. The van der Waals surface area contributed by atoms with Crippen LogP contribution in [0, 0.1) is 5.92 Å². The minimum Gasteiger partial charge on any atom is -0.462 e. The van der Waals surface area contributed by atoms with Gasteiger partial charge in [0.1, 0.15) is 13.2 Å². The summed E-state index contributed by atoms with van der Waals surface area (Å²) in [6, 6.07) is 0. The summed E-state index contributed by atoms with van der Waals surface area (Å²) in [6.07, 6.45) is 43.6. The van der Waals surface area contributed by atoms with E-state index in [0.717, 1.165) is 63.7 Å². The molecule has 0 heterocycles. The first-order valence-electron chi connectivity index (χ1n) is 24.4. The van der Waals surface area contributed by atoms with Gasteiger partial charge in [0.25, 0.3) is 0 Å².